The number of rotatable bonds is 3. The molecule has 7 nitrogen and oxygen atoms in total. The van der Waals surface area contributed by atoms with Gasteiger partial charge in [0.25, 0.3) is 5.91 Å². The molecule has 2 rings (SSSR count). The number of carbonyl (C=O) groups is 2. The Morgan fingerprint density at radius 2 is 2.11 bits per heavy atom. The summed E-state index contributed by atoms with van der Waals surface area (Å²) in [6.45, 7) is 0. The minimum Gasteiger partial charge on any atom is -0.478 e. The summed E-state index contributed by atoms with van der Waals surface area (Å²) in [6.07, 6.45) is 2.82. The topological polar surface area (TPSA) is 97.1 Å². The molecule has 2 N–H and O–H groups in total. The number of nitrogens with one attached hydrogen (secondary N) is 1. The van der Waals surface area contributed by atoms with Crippen LogP contribution >= 0.6 is 0 Å². The Morgan fingerprint density at radius 3 is 2.72 bits per heavy atom. The van der Waals surface area contributed by atoms with Crippen LogP contribution in [0.1, 0.15) is 20.8 Å². The first-order chi connectivity index (χ1) is 8.58. The van der Waals surface area contributed by atoms with Gasteiger partial charge in [0.1, 0.15) is 11.5 Å². The van der Waals surface area contributed by atoms with Gasteiger partial charge in [-0.05, 0) is 18.2 Å². The van der Waals surface area contributed by atoms with Crippen molar-refractivity contribution < 1.29 is 14.7 Å². The number of aromatic nitrogens is 3. The number of carbonyl (C=O) groups excluding carboxylic acids is 1. The predicted octanol–water partition coefficient (Wildman–Crippen LogP) is 0.766. The second-order valence-electron chi connectivity index (χ2n) is 3.53. The number of aryl methyl sites for hydroxylation is 1. The van der Waals surface area contributed by atoms with E-state index < -0.39 is 11.9 Å². The molecule has 1 amide bonds. The summed E-state index contributed by atoms with van der Waals surface area (Å²) in [5.74, 6) is -1.29. The zero-order valence-electron chi connectivity index (χ0n) is 9.49. The lowest BCUT2D eigenvalue weighted by Gasteiger charge is -2.04. The summed E-state index contributed by atoms with van der Waals surface area (Å²) < 4.78 is 1.41. The Balaban J connectivity index is 2.20. The van der Waals surface area contributed by atoms with Crippen molar-refractivity contribution >= 4 is 17.7 Å². The van der Waals surface area contributed by atoms with E-state index in [1.807, 2.05) is 0 Å². The van der Waals surface area contributed by atoms with Gasteiger partial charge in [-0.2, -0.15) is 5.10 Å². The lowest BCUT2D eigenvalue weighted by atomic mass is 10.2. The minimum atomic E-state index is -1.08. The largest absolute Gasteiger partial charge is 0.478 e. The minimum absolute atomic E-state index is 0.0605. The third-order valence-corrected chi connectivity index (χ3v) is 2.30. The van der Waals surface area contributed by atoms with Gasteiger partial charge in [-0.15, -0.1) is 0 Å². The third-order valence-electron chi connectivity index (χ3n) is 2.30. The second-order valence-corrected chi connectivity index (χ2v) is 3.53. The molecule has 0 aromatic carbocycles. The summed E-state index contributed by atoms with van der Waals surface area (Å²) in [5, 5.41) is 15.2. The van der Waals surface area contributed by atoms with Gasteiger partial charge in [0.05, 0.1) is 5.56 Å². The van der Waals surface area contributed by atoms with Crippen LogP contribution in [0.25, 0.3) is 0 Å². The highest BCUT2D eigenvalue weighted by atomic mass is 16.4. The van der Waals surface area contributed by atoms with Crippen molar-refractivity contribution in [2.75, 3.05) is 5.32 Å². The molecule has 0 aliphatic carbocycles. The van der Waals surface area contributed by atoms with E-state index in [-0.39, 0.29) is 11.4 Å². The number of aromatic carboxylic acids is 1. The fourth-order valence-electron chi connectivity index (χ4n) is 1.41. The number of carboxylic acid groups (broad SMARTS) is 1. The van der Waals surface area contributed by atoms with Crippen LogP contribution in [0.4, 0.5) is 5.82 Å². The lowest BCUT2D eigenvalue weighted by Crippen LogP contribution is -2.17. The summed E-state index contributed by atoms with van der Waals surface area (Å²) in [4.78, 5) is 26.5. The number of anilines is 1. The Bertz CT molecular complexity index is 606. The molecule has 18 heavy (non-hydrogen) atoms. The fourth-order valence-corrected chi connectivity index (χ4v) is 1.41. The van der Waals surface area contributed by atoms with E-state index in [4.69, 9.17) is 5.11 Å². The van der Waals surface area contributed by atoms with Crippen molar-refractivity contribution in [3.05, 3.63) is 41.9 Å². The van der Waals surface area contributed by atoms with Crippen LogP contribution in [-0.4, -0.2) is 31.7 Å². The Kier molecular flexibility index (Phi) is 3.05. The highest BCUT2D eigenvalue weighted by molar-refractivity contribution is 6.03. The number of hydrogen-bond acceptors (Lipinski definition) is 4. The second kappa shape index (κ2) is 4.66. The third kappa shape index (κ3) is 2.34. The van der Waals surface area contributed by atoms with E-state index >= 15 is 0 Å². The van der Waals surface area contributed by atoms with Gasteiger partial charge in [0, 0.05) is 19.4 Å². The van der Waals surface area contributed by atoms with E-state index in [9.17, 15) is 9.59 Å². The smallest absolute Gasteiger partial charge is 0.335 e. The predicted molar refractivity (Wildman–Crippen MR) is 62.4 cm³/mol. The first-order valence-electron chi connectivity index (χ1n) is 5.06. The van der Waals surface area contributed by atoms with Crippen molar-refractivity contribution in [1.82, 2.24) is 14.8 Å². The SMILES string of the molecule is Cn1nccc1C(=O)Nc1cc(C(=O)O)ccn1. The number of hydrogen-bond donors (Lipinski definition) is 2. The van der Waals surface area contributed by atoms with Crippen LogP contribution in [0.15, 0.2) is 30.6 Å². The Hall–Kier alpha value is -2.70. The maximum absolute atomic E-state index is 11.8. The summed E-state index contributed by atoms with van der Waals surface area (Å²) >= 11 is 0. The summed E-state index contributed by atoms with van der Waals surface area (Å²) in [6, 6.07) is 4.19. The number of amides is 1. The molecule has 0 radical (unpaired) electrons. The standard InChI is InChI=1S/C11H10N4O3/c1-15-8(3-5-13-15)10(16)14-9-6-7(11(17)18)2-4-12-9/h2-6H,1H3,(H,17,18)(H,12,14,16). The molecule has 0 bridgehead atoms. The van der Waals surface area contributed by atoms with Gasteiger partial charge in [-0.25, -0.2) is 9.78 Å². The summed E-state index contributed by atoms with van der Waals surface area (Å²) in [7, 11) is 1.63. The van der Waals surface area contributed by atoms with Crippen LogP contribution in [0, 0.1) is 0 Å². The normalized spacial score (nSPS) is 10.1. The number of nitrogens with zero attached hydrogens (tertiary/aromatic N) is 3. The highest BCUT2D eigenvalue weighted by Gasteiger charge is 2.11. The molecule has 0 aliphatic rings. The van der Waals surface area contributed by atoms with Crippen molar-refractivity contribution in [2.45, 2.75) is 0 Å². The van der Waals surface area contributed by atoms with Gasteiger partial charge in [0.2, 0.25) is 0 Å². The quantitative estimate of drug-likeness (QED) is 0.833. The lowest BCUT2D eigenvalue weighted by molar-refractivity contribution is 0.0696. The molecule has 2 aromatic heterocycles. The molecule has 0 unspecified atom stereocenters. The molecule has 7 heteroatoms. The van der Waals surface area contributed by atoms with Gasteiger partial charge in [-0.3, -0.25) is 9.48 Å². The molecular formula is C11H10N4O3. The number of pyridine rings is 1. The zero-order chi connectivity index (χ0) is 13.1. The Morgan fingerprint density at radius 1 is 1.33 bits per heavy atom. The van der Waals surface area contributed by atoms with Crippen molar-refractivity contribution in [1.29, 1.82) is 0 Å². The molecule has 0 fully saturated rings. The summed E-state index contributed by atoms with van der Waals surface area (Å²) in [5.41, 5.74) is 0.419. The van der Waals surface area contributed by atoms with Crippen molar-refractivity contribution in [3.63, 3.8) is 0 Å². The molecule has 0 aliphatic heterocycles. The molecule has 0 spiro atoms. The molecule has 0 atom stereocenters. The van der Waals surface area contributed by atoms with Crippen molar-refractivity contribution in [3.8, 4) is 0 Å². The first-order valence-corrected chi connectivity index (χ1v) is 5.06. The van der Waals surface area contributed by atoms with Crippen LogP contribution in [-0.2, 0) is 7.05 Å². The monoisotopic (exact) mass is 246 g/mol. The molecule has 92 valence electrons. The van der Waals surface area contributed by atoms with Crippen LogP contribution in [0.2, 0.25) is 0 Å². The molecule has 2 heterocycles. The average molecular weight is 246 g/mol. The van der Waals surface area contributed by atoms with Gasteiger partial charge < -0.3 is 10.4 Å². The maximum Gasteiger partial charge on any atom is 0.335 e. The van der Waals surface area contributed by atoms with Gasteiger partial charge >= 0.3 is 5.97 Å². The van der Waals surface area contributed by atoms with E-state index in [1.165, 1.54) is 29.2 Å². The fraction of sp³-hybridized carbons (Fsp3) is 0.0909. The van der Waals surface area contributed by atoms with Gasteiger partial charge in [-0.1, -0.05) is 0 Å². The van der Waals surface area contributed by atoms with E-state index in [0.717, 1.165) is 0 Å². The van der Waals surface area contributed by atoms with Crippen molar-refractivity contribution in [2.24, 2.45) is 7.05 Å². The average Bonchev–Trinajstić information content (AvgIpc) is 2.76. The van der Waals surface area contributed by atoms with E-state index in [0.29, 0.717) is 5.69 Å². The van der Waals surface area contributed by atoms with Gasteiger partial charge in [0.15, 0.2) is 0 Å². The molecule has 0 saturated carbocycles. The molecular weight excluding hydrogens is 236 g/mol. The van der Waals surface area contributed by atoms with E-state index in [2.05, 4.69) is 15.4 Å². The zero-order valence-corrected chi connectivity index (χ0v) is 9.49. The molecule has 2 aromatic rings. The Labute approximate surface area is 102 Å². The van der Waals surface area contributed by atoms with E-state index in [1.54, 1.807) is 13.1 Å². The van der Waals surface area contributed by atoms with Crippen LogP contribution in [0.3, 0.4) is 0 Å². The molecule has 0 saturated heterocycles. The highest BCUT2D eigenvalue weighted by Crippen LogP contribution is 2.08. The maximum atomic E-state index is 11.8. The van der Waals surface area contributed by atoms with Crippen LogP contribution in [0.5, 0.6) is 0 Å². The number of carboxylic acids is 1. The van der Waals surface area contributed by atoms with Crippen LogP contribution < -0.4 is 5.32 Å². The first kappa shape index (κ1) is 11.8.